The third-order valence-electron chi connectivity index (χ3n) is 3.34. The predicted molar refractivity (Wildman–Crippen MR) is 71.4 cm³/mol. The topological polar surface area (TPSA) is 38.5 Å². The molecule has 0 spiro atoms. The monoisotopic (exact) mass is 234 g/mol. The van der Waals surface area contributed by atoms with E-state index in [-0.39, 0.29) is 0 Å². The second-order valence-corrected chi connectivity index (χ2v) is 4.50. The third kappa shape index (κ3) is 2.99. The lowest BCUT2D eigenvalue weighted by Gasteiger charge is -2.35. The molecule has 1 saturated heterocycles. The fourth-order valence-electron chi connectivity index (χ4n) is 2.42. The number of para-hydroxylation sites is 1. The molecule has 1 fully saturated rings. The summed E-state index contributed by atoms with van der Waals surface area (Å²) in [6.45, 7) is 5.67. The number of ether oxygens (including phenoxy) is 1. The van der Waals surface area contributed by atoms with Crippen LogP contribution in [0.25, 0.3) is 0 Å². The predicted octanol–water partition coefficient (Wildman–Crippen LogP) is 1.80. The molecule has 1 aromatic rings. The van der Waals surface area contributed by atoms with Crippen LogP contribution in [0.15, 0.2) is 24.3 Å². The highest BCUT2D eigenvalue weighted by molar-refractivity contribution is 5.54. The van der Waals surface area contributed by atoms with Crippen molar-refractivity contribution < 1.29 is 4.74 Å². The van der Waals surface area contributed by atoms with Crippen molar-refractivity contribution >= 4 is 5.69 Å². The average Bonchev–Trinajstić information content (AvgIpc) is 2.39. The van der Waals surface area contributed by atoms with Crippen molar-refractivity contribution in [2.24, 2.45) is 5.73 Å². The van der Waals surface area contributed by atoms with E-state index in [4.69, 9.17) is 10.5 Å². The van der Waals surface area contributed by atoms with Gasteiger partial charge in [-0.25, -0.2) is 0 Å². The van der Waals surface area contributed by atoms with E-state index < -0.39 is 0 Å². The molecule has 94 valence electrons. The van der Waals surface area contributed by atoms with Gasteiger partial charge in [0.15, 0.2) is 0 Å². The van der Waals surface area contributed by atoms with Gasteiger partial charge in [-0.05, 0) is 31.0 Å². The first kappa shape index (κ1) is 12.4. The number of nitrogens with zero attached hydrogens (tertiary/aromatic N) is 1. The van der Waals surface area contributed by atoms with Gasteiger partial charge in [-0.2, -0.15) is 0 Å². The van der Waals surface area contributed by atoms with Crippen molar-refractivity contribution in [2.45, 2.75) is 25.9 Å². The minimum Gasteiger partial charge on any atom is -0.374 e. The molecule has 1 aliphatic heterocycles. The largest absolute Gasteiger partial charge is 0.374 e. The molecule has 0 amide bonds. The van der Waals surface area contributed by atoms with Crippen molar-refractivity contribution in [1.29, 1.82) is 0 Å². The molecular weight excluding hydrogens is 212 g/mol. The summed E-state index contributed by atoms with van der Waals surface area (Å²) in [6, 6.07) is 8.65. The van der Waals surface area contributed by atoms with E-state index in [0.29, 0.717) is 12.6 Å². The number of hydrogen-bond acceptors (Lipinski definition) is 3. The Morgan fingerprint density at radius 3 is 3.00 bits per heavy atom. The van der Waals surface area contributed by atoms with Crippen LogP contribution >= 0.6 is 0 Å². The van der Waals surface area contributed by atoms with Gasteiger partial charge in [-0.15, -0.1) is 0 Å². The minimum atomic E-state index is 0.290. The second-order valence-electron chi connectivity index (χ2n) is 4.50. The first-order valence-corrected chi connectivity index (χ1v) is 6.49. The molecule has 1 aromatic carbocycles. The lowest BCUT2D eigenvalue weighted by atomic mass is 10.1. The highest BCUT2D eigenvalue weighted by Gasteiger charge is 2.21. The molecule has 2 rings (SSSR count). The van der Waals surface area contributed by atoms with E-state index in [1.165, 1.54) is 11.3 Å². The molecule has 2 N–H and O–H groups in total. The number of nitrogens with two attached hydrogens (primary N) is 1. The van der Waals surface area contributed by atoms with Gasteiger partial charge in [0.25, 0.3) is 0 Å². The van der Waals surface area contributed by atoms with Crippen LogP contribution in [0.3, 0.4) is 0 Å². The Morgan fingerprint density at radius 2 is 2.24 bits per heavy atom. The van der Waals surface area contributed by atoms with Crippen LogP contribution in [0.1, 0.15) is 18.9 Å². The molecule has 3 nitrogen and oxygen atoms in total. The highest BCUT2D eigenvalue weighted by Crippen LogP contribution is 2.23. The summed E-state index contributed by atoms with van der Waals surface area (Å²) in [5.74, 6) is 0. The molecule has 1 heterocycles. The van der Waals surface area contributed by atoms with E-state index in [1.54, 1.807) is 0 Å². The molecular formula is C14H22N2O. The molecule has 0 saturated carbocycles. The molecule has 1 atom stereocenters. The summed E-state index contributed by atoms with van der Waals surface area (Å²) < 4.78 is 5.72. The molecule has 0 aliphatic carbocycles. The zero-order valence-electron chi connectivity index (χ0n) is 10.6. The fourth-order valence-corrected chi connectivity index (χ4v) is 2.42. The van der Waals surface area contributed by atoms with E-state index in [9.17, 15) is 0 Å². The summed E-state index contributed by atoms with van der Waals surface area (Å²) in [5.41, 5.74) is 8.38. The molecule has 1 aliphatic rings. The summed E-state index contributed by atoms with van der Waals surface area (Å²) >= 11 is 0. The van der Waals surface area contributed by atoms with Crippen LogP contribution in [0.2, 0.25) is 0 Å². The number of benzene rings is 1. The van der Waals surface area contributed by atoms with Crippen LogP contribution in [-0.4, -0.2) is 32.3 Å². The van der Waals surface area contributed by atoms with Crippen molar-refractivity contribution in [3.63, 3.8) is 0 Å². The van der Waals surface area contributed by atoms with Crippen molar-refractivity contribution in [3.05, 3.63) is 29.8 Å². The Kier molecular flexibility index (Phi) is 4.40. The van der Waals surface area contributed by atoms with E-state index >= 15 is 0 Å². The fraction of sp³-hybridized carbons (Fsp3) is 0.571. The van der Waals surface area contributed by atoms with Crippen LogP contribution in [-0.2, 0) is 11.2 Å². The number of hydrogen-bond donors (Lipinski definition) is 1. The second kappa shape index (κ2) is 6.03. The van der Waals surface area contributed by atoms with Gasteiger partial charge >= 0.3 is 0 Å². The van der Waals surface area contributed by atoms with Gasteiger partial charge in [0.05, 0.1) is 12.7 Å². The molecule has 0 bridgehead atoms. The quantitative estimate of drug-likeness (QED) is 0.863. The maximum atomic E-state index is 5.72. The SMILES string of the molecule is CCc1ccccc1N1CCOC(CCN)C1. The highest BCUT2D eigenvalue weighted by atomic mass is 16.5. The lowest BCUT2D eigenvalue weighted by molar-refractivity contribution is 0.0368. The van der Waals surface area contributed by atoms with Gasteiger partial charge < -0.3 is 15.4 Å². The summed E-state index contributed by atoms with van der Waals surface area (Å²) in [5, 5.41) is 0. The van der Waals surface area contributed by atoms with E-state index in [0.717, 1.165) is 32.5 Å². The van der Waals surface area contributed by atoms with Crippen LogP contribution in [0.5, 0.6) is 0 Å². The third-order valence-corrected chi connectivity index (χ3v) is 3.34. The van der Waals surface area contributed by atoms with Gasteiger partial charge in [0, 0.05) is 18.8 Å². The smallest absolute Gasteiger partial charge is 0.0762 e. The number of morpholine rings is 1. The van der Waals surface area contributed by atoms with Gasteiger partial charge in [-0.3, -0.25) is 0 Å². The zero-order valence-corrected chi connectivity index (χ0v) is 10.6. The van der Waals surface area contributed by atoms with Gasteiger partial charge in [0.1, 0.15) is 0 Å². The van der Waals surface area contributed by atoms with Crippen LogP contribution in [0, 0.1) is 0 Å². The number of anilines is 1. The molecule has 3 heteroatoms. The van der Waals surface area contributed by atoms with E-state index in [1.807, 2.05) is 0 Å². The number of rotatable bonds is 4. The van der Waals surface area contributed by atoms with Crippen molar-refractivity contribution in [1.82, 2.24) is 0 Å². The molecule has 0 radical (unpaired) electrons. The van der Waals surface area contributed by atoms with Gasteiger partial charge in [-0.1, -0.05) is 25.1 Å². The Bertz CT molecular complexity index is 352. The Morgan fingerprint density at radius 1 is 1.41 bits per heavy atom. The first-order chi connectivity index (χ1) is 8.35. The molecule has 0 aromatic heterocycles. The van der Waals surface area contributed by atoms with Crippen molar-refractivity contribution in [3.8, 4) is 0 Å². The molecule has 17 heavy (non-hydrogen) atoms. The Hall–Kier alpha value is -1.06. The Labute approximate surface area is 104 Å². The van der Waals surface area contributed by atoms with E-state index in [2.05, 4.69) is 36.1 Å². The Balaban J connectivity index is 2.10. The van der Waals surface area contributed by atoms with Crippen LogP contribution in [0.4, 0.5) is 5.69 Å². The summed E-state index contributed by atoms with van der Waals surface area (Å²) in [7, 11) is 0. The molecule has 1 unspecified atom stereocenters. The van der Waals surface area contributed by atoms with Crippen LogP contribution < -0.4 is 10.6 Å². The maximum Gasteiger partial charge on any atom is 0.0762 e. The number of aryl methyl sites for hydroxylation is 1. The summed E-state index contributed by atoms with van der Waals surface area (Å²) in [4.78, 5) is 2.43. The normalized spacial score (nSPS) is 20.6. The minimum absolute atomic E-state index is 0.290. The van der Waals surface area contributed by atoms with Gasteiger partial charge in [0.2, 0.25) is 0 Å². The average molecular weight is 234 g/mol. The first-order valence-electron chi connectivity index (χ1n) is 6.49. The maximum absolute atomic E-state index is 5.72. The van der Waals surface area contributed by atoms with Crippen molar-refractivity contribution in [2.75, 3.05) is 31.1 Å². The zero-order chi connectivity index (χ0) is 12.1. The summed E-state index contributed by atoms with van der Waals surface area (Å²) in [6.07, 6.45) is 2.32. The standard InChI is InChI=1S/C14H22N2O/c1-2-12-5-3-4-6-14(12)16-9-10-17-13(11-16)7-8-15/h3-6,13H,2,7-11,15H2,1H3. The lowest BCUT2D eigenvalue weighted by Crippen LogP contribution is -2.43.